The van der Waals surface area contributed by atoms with E-state index in [0.717, 1.165) is 6.61 Å². The first kappa shape index (κ1) is 4.20. The van der Waals surface area contributed by atoms with Crippen LogP contribution in [-0.2, 0) is 7.58 Å². The summed E-state index contributed by atoms with van der Waals surface area (Å²) in [5.74, 6) is 0. The minimum Gasteiger partial charge on any atom is -0.630 e. The normalized spacial score (nSPS) is 18.7. The molecule has 0 fully saturated rings. The van der Waals surface area contributed by atoms with Crippen LogP contribution in [0.15, 0.2) is 12.3 Å². The summed E-state index contributed by atoms with van der Waals surface area (Å²) in [5, 5.41) is 0. The Morgan fingerprint density at radius 3 is 2.83 bits per heavy atom. The molecule has 0 saturated heterocycles. The van der Waals surface area contributed by atoms with E-state index in [1.807, 2.05) is 6.08 Å². The molecule has 1 aliphatic heterocycles. The first-order chi connectivity index (χ1) is 3.00. The molecule has 0 N–H and O–H groups in total. The van der Waals surface area contributed by atoms with Crippen molar-refractivity contribution in [3.05, 3.63) is 12.3 Å². The molecule has 0 aliphatic carbocycles. The van der Waals surface area contributed by atoms with Crippen LogP contribution in [0.25, 0.3) is 0 Å². The summed E-state index contributed by atoms with van der Waals surface area (Å²) < 4.78 is 9.70. The Bertz CT molecular complexity index is 53.8. The summed E-state index contributed by atoms with van der Waals surface area (Å²) in [7, 11) is 0. The van der Waals surface area contributed by atoms with Crippen LogP contribution in [0.1, 0.15) is 0 Å². The molecule has 0 aromatic carbocycles. The molecule has 0 aromatic heterocycles. The third-order valence-corrected chi connectivity index (χ3v) is 1.29. The molecule has 1 rings (SSSR count). The van der Waals surface area contributed by atoms with Crippen LogP contribution in [0.2, 0.25) is 0 Å². The Morgan fingerprint density at radius 2 is 2.67 bits per heavy atom. The molecule has 0 amide bonds. The molecule has 6 heavy (non-hydrogen) atoms. The van der Waals surface area contributed by atoms with Gasteiger partial charge in [-0.15, -0.1) is 0 Å². The monoisotopic (exact) mass is 100 g/mol. The molecule has 0 bridgehead atoms. The summed E-state index contributed by atoms with van der Waals surface area (Å²) in [5.41, 5.74) is 0. The van der Waals surface area contributed by atoms with E-state index in [2.05, 4.69) is 0 Å². The molecule has 32 valence electrons. The Hall–Kier alpha value is 0.0325. The summed E-state index contributed by atoms with van der Waals surface area (Å²) in [6.07, 6.45) is 3.56. The fourth-order valence-electron chi connectivity index (χ4n) is 0.311. The third kappa shape index (κ3) is 1.02. The second-order valence-electron chi connectivity index (χ2n) is 1.03. The van der Waals surface area contributed by atoms with Crippen LogP contribution in [-0.4, -0.2) is 22.5 Å². The second-order valence-corrected chi connectivity index (χ2v) is 2.00. The van der Waals surface area contributed by atoms with E-state index in [-0.39, 0.29) is 0 Å². The van der Waals surface area contributed by atoms with Gasteiger partial charge in [0.05, 0.1) is 0 Å². The van der Waals surface area contributed by atoms with Crippen molar-refractivity contribution in [2.24, 2.45) is 0 Å². The molecular weight excluding hydrogens is 95.0 g/mol. The van der Waals surface area contributed by atoms with Crippen molar-refractivity contribution in [3.63, 3.8) is 0 Å². The van der Waals surface area contributed by atoms with Crippen LogP contribution in [0.5, 0.6) is 0 Å². The van der Waals surface area contributed by atoms with Crippen molar-refractivity contribution in [1.29, 1.82) is 0 Å². The first-order valence-electron chi connectivity index (χ1n) is 1.84. The number of hydrogen-bond acceptors (Lipinski definition) is 2. The SMILES string of the molecule is C1=C[O][AlH][O]C1. The van der Waals surface area contributed by atoms with Crippen molar-refractivity contribution < 1.29 is 7.58 Å². The van der Waals surface area contributed by atoms with E-state index < -0.39 is 15.9 Å². The second kappa shape index (κ2) is 2.25. The molecule has 0 atom stereocenters. The van der Waals surface area contributed by atoms with E-state index in [9.17, 15) is 0 Å². The van der Waals surface area contributed by atoms with E-state index in [1.165, 1.54) is 0 Å². The molecule has 0 unspecified atom stereocenters. The van der Waals surface area contributed by atoms with Crippen molar-refractivity contribution in [2.75, 3.05) is 6.61 Å². The van der Waals surface area contributed by atoms with Gasteiger partial charge in [0.2, 0.25) is 0 Å². The molecule has 1 aliphatic rings. The van der Waals surface area contributed by atoms with E-state index in [0.29, 0.717) is 0 Å². The van der Waals surface area contributed by atoms with Crippen LogP contribution >= 0.6 is 0 Å². The van der Waals surface area contributed by atoms with Crippen molar-refractivity contribution >= 4 is 15.9 Å². The van der Waals surface area contributed by atoms with E-state index in [4.69, 9.17) is 7.58 Å². The Balaban J connectivity index is 2.26. The Kier molecular flexibility index (Phi) is 1.57. The zero-order chi connectivity index (χ0) is 4.24. The Labute approximate surface area is 43.1 Å². The average Bonchev–Trinajstić information content (AvgIpc) is 1.72. The smallest absolute Gasteiger partial charge is 0.630 e. The van der Waals surface area contributed by atoms with Gasteiger partial charge in [-0.1, -0.05) is 0 Å². The van der Waals surface area contributed by atoms with E-state index in [1.54, 1.807) is 6.26 Å². The van der Waals surface area contributed by atoms with Gasteiger partial charge in [0.15, 0.2) is 0 Å². The maximum atomic E-state index is 4.90. The van der Waals surface area contributed by atoms with Gasteiger partial charge in [0.25, 0.3) is 0 Å². The summed E-state index contributed by atoms with van der Waals surface area (Å²) in [6, 6.07) is 0. The molecule has 0 aromatic rings. The standard InChI is InChI=1S/C3H5O2.Al.H/c4-2-1-3-5;;/h1-2,4H,3H2;;/q-1;+2;/p-1. The molecule has 2 nitrogen and oxygen atoms in total. The predicted octanol–water partition coefficient (Wildman–Crippen LogP) is -0.187. The predicted molar refractivity (Wildman–Crippen MR) is 23.3 cm³/mol. The lowest BCUT2D eigenvalue weighted by Gasteiger charge is -2.03. The highest BCUT2D eigenvalue weighted by Gasteiger charge is 1.96. The quantitative estimate of drug-likeness (QED) is 0.393. The van der Waals surface area contributed by atoms with Crippen LogP contribution in [0.4, 0.5) is 0 Å². The largest absolute Gasteiger partial charge is 0.740 e. The topological polar surface area (TPSA) is 18.5 Å². The fourth-order valence-corrected chi connectivity index (χ4v) is 0.854. The Morgan fingerprint density at radius 1 is 1.67 bits per heavy atom. The highest BCUT2D eigenvalue weighted by molar-refractivity contribution is 6.18. The van der Waals surface area contributed by atoms with Crippen molar-refractivity contribution in [3.8, 4) is 0 Å². The molecule has 1 heterocycles. The highest BCUT2D eigenvalue weighted by Crippen LogP contribution is 1.84. The van der Waals surface area contributed by atoms with Gasteiger partial charge in [-0.3, -0.25) is 0 Å². The maximum Gasteiger partial charge on any atom is 0.740 e. The van der Waals surface area contributed by atoms with Gasteiger partial charge < -0.3 is 7.58 Å². The van der Waals surface area contributed by atoms with Gasteiger partial charge in [0, 0.05) is 12.9 Å². The first-order valence-corrected chi connectivity index (χ1v) is 3.00. The summed E-state index contributed by atoms with van der Waals surface area (Å²) in [6.45, 7) is 0.756. The maximum absolute atomic E-state index is 4.90. The molecular formula is C3H5AlO2. The van der Waals surface area contributed by atoms with Crippen molar-refractivity contribution in [1.82, 2.24) is 0 Å². The molecule has 0 radical (unpaired) electrons. The lowest BCUT2D eigenvalue weighted by Crippen LogP contribution is -2.04. The lowest BCUT2D eigenvalue weighted by atomic mass is 10.7. The minimum absolute atomic E-state index is 0.578. The zero-order valence-corrected chi connectivity index (χ0v) is 4.80. The lowest BCUT2D eigenvalue weighted by molar-refractivity contribution is 0.280. The number of rotatable bonds is 0. The van der Waals surface area contributed by atoms with Gasteiger partial charge in [-0.05, 0) is 6.08 Å². The van der Waals surface area contributed by atoms with Gasteiger partial charge in [-0.25, -0.2) is 0 Å². The summed E-state index contributed by atoms with van der Waals surface area (Å²) in [4.78, 5) is 0. The van der Waals surface area contributed by atoms with Crippen LogP contribution < -0.4 is 0 Å². The highest BCUT2D eigenvalue weighted by atomic mass is 27.2. The van der Waals surface area contributed by atoms with E-state index >= 15 is 0 Å². The minimum atomic E-state index is -0.578. The van der Waals surface area contributed by atoms with Crippen molar-refractivity contribution in [2.45, 2.75) is 0 Å². The summed E-state index contributed by atoms with van der Waals surface area (Å²) >= 11 is -0.578. The average molecular weight is 100 g/mol. The van der Waals surface area contributed by atoms with Crippen LogP contribution in [0, 0.1) is 0 Å². The fraction of sp³-hybridized carbons (Fsp3) is 0.333. The molecule has 0 spiro atoms. The third-order valence-electron chi connectivity index (χ3n) is 0.558. The zero-order valence-electron chi connectivity index (χ0n) is 3.39. The van der Waals surface area contributed by atoms with Crippen LogP contribution in [0.3, 0.4) is 0 Å². The molecule has 0 saturated carbocycles. The van der Waals surface area contributed by atoms with Gasteiger partial charge in [0.1, 0.15) is 0 Å². The molecule has 3 heteroatoms. The van der Waals surface area contributed by atoms with Gasteiger partial charge in [-0.2, -0.15) is 0 Å². The number of hydrogen-bond donors (Lipinski definition) is 0. The van der Waals surface area contributed by atoms with Gasteiger partial charge >= 0.3 is 15.9 Å².